The number of fused-ring (bicyclic) bond motifs is 1. The number of anilines is 1. The number of nitrogens with zero attached hydrogens (tertiary/aromatic N) is 1. The van der Waals surface area contributed by atoms with Gasteiger partial charge in [-0.25, -0.2) is 0 Å². The summed E-state index contributed by atoms with van der Waals surface area (Å²) < 4.78 is 0.934. The van der Waals surface area contributed by atoms with E-state index in [0.29, 0.717) is 10.7 Å². The van der Waals surface area contributed by atoms with Gasteiger partial charge in [0.2, 0.25) is 0 Å². The first-order valence-electron chi connectivity index (χ1n) is 3.67. The summed E-state index contributed by atoms with van der Waals surface area (Å²) >= 11 is 9.32. The molecular weight excluding hydrogens is 251 g/mol. The molecule has 0 aliphatic rings. The minimum Gasteiger partial charge on any atom is -0.397 e. The Bertz CT molecular complexity index is 470. The van der Waals surface area contributed by atoms with Gasteiger partial charge in [0.05, 0.1) is 10.7 Å². The Balaban J connectivity index is 2.97. The van der Waals surface area contributed by atoms with E-state index in [1.807, 2.05) is 6.07 Å². The lowest BCUT2D eigenvalue weighted by Crippen LogP contribution is -1.89. The highest BCUT2D eigenvalue weighted by Crippen LogP contribution is 2.33. The Kier molecular flexibility index (Phi) is 2.14. The van der Waals surface area contributed by atoms with Crippen molar-refractivity contribution in [2.75, 3.05) is 5.73 Å². The Morgan fingerprint density at radius 1 is 1.38 bits per heavy atom. The maximum Gasteiger partial charge on any atom is 0.0653 e. The largest absolute Gasteiger partial charge is 0.397 e. The molecule has 0 spiro atoms. The quantitative estimate of drug-likeness (QED) is 0.736. The molecule has 1 aromatic heterocycles. The van der Waals surface area contributed by atoms with E-state index in [4.69, 9.17) is 17.3 Å². The minimum atomic E-state index is 0.548. The molecule has 0 radical (unpaired) electrons. The van der Waals surface area contributed by atoms with Crippen molar-refractivity contribution < 1.29 is 0 Å². The number of nitrogen functional groups attached to an aromatic ring is 1. The molecule has 2 rings (SSSR count). The number of rotatable bonds is 0. The SMILES string of the molecule is Nc1c(Cl)cc(Br)c2ccncc12. The number of hydrogen-bond donors (Lipinski definition) is 1. The maximum absolute atomic E-state index is 5.91. The van der Waals surface area contributed by atoms with Crippen LogP contribution in [0.2, 0.25) is 5.02 Å². The van der Waals surface area contributed by atoms with Crippen LogP contribution >= 0.6 is 27.5 Å². The maximum atomic E-state index is 5.91. The van der Waals surface area contributed by atoms with Gasteiger partial charge >= 0.3 is 0 Å². The second-order valence-electron chi connectivity index (χ2n) is 2.68. The first kappa shape index (κ1) is 8.78. The summed E-state index contributed by atoms with van der Waals surface area (Å²) in [5.74, 6) is 0. The standard InChI is InChI=1S/C9H6BrClN2/c10-7-3-8(11)9(12)6-4-13-2-1-5(6)7/h1-4H,12H2. The molecule has 0 atom stereocenters. The fourth-order valence-electron chi connectivity index (χ4n) is 1.21. The van der Waals surface area contributed by atoms with E-state index >= 15 is 0 Å². The lowest BCUT2D eigenvalue weighted by atomic mass is 10.1. The van der Waals surface area contributed by atoms with E-state index in [1.54, 1.807) is 18.5 Å². The highest BCUT2D eigenvalue weighted by Gasteiger charge is 2.05. The summed E-state index contributed by atoms with van der Waals surface area (Å²) in [5.41, 5.74) is 6.37. The zero-order valence-electron chi connectivity index (χ0n) is 6.59. The normalized spacial score (nSPS) is 10.6. The average molecular weight is 258 g/mol. The summed E-state index contributed by atoms with van der Waals surface area (Å²) in [4.78, 5) is 4.00. The highest BCUT2D eigenvalue weighted by atomic mass is 79.9. The molecule has 66 valence electrons. The predicted octanol–water partition coefficient (Wildman–Crippen LogP) is 3.23. The third-order valence-electron chi connectivity index (χ3n) is 1.88. The fourth-order valence-corrected chi connectivity index (χ4v) is 2.13. The lowest BCUT2D eigenvalue weighted by molar-refractivity contribution is 1.36. The molecule has 1 heterocycles. The second kappa shape index (κ2) is 3.16. The van der Waals surface area contributed by atoms with Crippen molar-refractivity contribution in [1.82, 2.24) is 4.98 Å². The number of hydrogen-bond acceptors (Lipinski definition) is 2. The van der Waals surface area contributed by atoms with E-state index in [1.165, 1.54) is 0 Å². The molecular formula is C9H6BrClN2. The molecule has 0 aliphatic carbocycles. The molecule has 2 nitrogen and oxygen atoms in total. The van der Waals surface area contributed by atoms with Crippen molar-refractivity contribution in [3.63, 3.8) is 0 Å². The van der Waals surface area contributed by atoms with Gasteiger partial charge in [-0.1, -0.05) is 27.5 Å². The first-order chi connectivity index (χ1) is 6.20. The zero-order chi connectivity index (χ0) is 9.42. The van der Waals surface area contributed by atoms with Crippen LogP contribution in [0.5, 0.6) is 0 Å². The van der Waals surface area contributed by atoms with Crippen molar-refractivity contribution >= 4 is 44.0 Å². The number of pyridine rings is 1. The molecule has 2 aromatic rings. The molecule has 0 fully saturated rings. The highest BCUT2D eigenvalue weighted by molar-refractivity contribution is 9.10. The Morgan fingerprint density at radius 3 is 2.92 bits per heavy atom. The molecule has 0 saturated heterocycles. The van der Waals surface area contributed by atoms with Crippen molar-refractivity contribution in [2.45, 2.75) is 0 Å². The number of benzene rings is 1. The molecule has 0 amide bonds. The summed E-state index contributed by atoms with van der Waals surface area (Å²) in [7, 11) is 0. The monoisotopic (exact) mass is 256 g/mol. The fraction of sp³-hybridized carbons (Fsp3) is 0. The summed E-state index contributed by atoms with van der Waals surface area (Å²) in [6, 6.07) is 3.69. The molecule has 2 N–H and O–H groups in total. The van der Waals surface area contributed by atoms with E-state index in [0.717, 1.165) is 15.2 Å². The molecule has 0 unspecified atom stereocenters. The van der Waals surface area contributed by atoms with E-state index in [-0.39, 0.29) is 0 Å². The Hall–Kier alpha value is -0.800. The molecule has 0 saturated carbocycles. The van der Waals surface area contributed by atoms with Crippen molar-refractivity contribution in [1.29, 1.82) is 0 Å². The van der Waals surface area contributed by atoms with Crippen molar-refractivity contribution in [2.24, 2.45) is 0 Å². The van der Waals surface area contributed by atoms with E-state index < -0.39 is 0 Å². The molecule has 0 bridgehead atoms. The van der Waals surface area contributed by atoms with E-state index in [2.05, 4.69) is 20.9 Å². The number of halogens is 2. The molecule has 1 aromatic carbocycles. The molecule has 13 heavy (non-hydrogen) atoms. The van der Waals surface area contributed by atoms with Crippen LogP contribution in [0.1, 0.15) is 0 Å². The third-order valence-corrected chi connectivity index (χ3v) is 2.85. The van der Waals surface area contributed by atoms with Gasteiger partial charge in [0.25, 0.3) is 0 Å². The summed E-state index contributed by atoms with van der Waals surface area (Å²) in [6.07, 6.45) is 3.43. The van der Waals surface area contributed by atoms with Crippen LogP contribution in [0, 0.1) is 0 Å². The Labute approximate surface area is 88.8 Å². The average Bonchev–Trinajstić information content (AvgIpc) is 2.15. The third kappa shape index (κ3) is 1.38. The van der Waals surface area contributed by atoms with Crippen LogP contribution in [0.25, 0.3) is 10.8 Å². The van der Waals surface area contributed by atoms with Crippen LogP contribution in [0.3, 0.4) is 0 Å². The van der Waals surface area contributed by atoms with Gasteiger partial charge in [-0.2, -0.15) is 0 Å². The van der Waals surface area contributed by atoms with Gasteiger partial charge < -0.3 is 5.73 Å². The number of aromatic nitrogens is 1. The van der Waals surface area contributed by atoms with Crippen molar-refractivity contribution in [3.05, 3.63) is 34.0 Å². The molecule has 4 heteroatoms. The summed E-state index contributed by atoms with van der Waals surface area (Å²) in [5, 5.41) is 2.45. The van der Waals surface area contributed by atoms with Gasteiger partial charge in [0, 0.05) is 27.6 Å². The van der Waals surface area contributed by atoms with Gasteiger partial charge in [-0.3, -0.25) is 4.98 Å². The van der Waals surface area contributed by atoms with E-state index in [9.17, 15) is 0 Å². The van der Waals surface area contributed by atoms with Crippen LogP contribution in [-0.4, -0.2) is 4.98 Å². The number of nitrogens with two attached hydrogens (primary N) is 1. The van der Waals surface area contributed by atoms with Crippen LogP contribution in [0.4, 0.5) is 5.69 Å². The second-order valence-corrected chi connectivity index (χ2v) is 3.94. The Morgan fingerprint density at radius 2 is 2.15 bits per heavy atom. The van der Waals surface area contributed by atoms with Gasteiger partial charge in [-0.05, 0) is 12.1 Å². The summed E-state index contributed by atoms with van der Waals surface area (Å²) in [6.45, 7) is 0. The van der Waals surface area contributed by atoms with Crippen LogP contribution in [-0.2, 0) is 0 Å². The van der Waals surface area contributed by atoms with Crippen molar-refractivity contribution in [3.8, 4) is 0 Å². The minimum absolute atomic E-state index is 0.548. The lowest BCUT2D eigenvalue weighted by Gasteiger charge is -2.05. The topological polar surface area (TPSA) is 38.9 Å². The smallest absolute Gasteiger partial charge is 0.0653 e. The van der Waals surface area contributed by atoms with Gasteiger partial charge in [0.1, 0.15) is 0 Å². The first-order valence-corrected chi connectivity index (χ1v) is 4.84. The van der Waals surface area contributed by atoms with Crippen LogP contribution < -0.4 is 5.73 Å². The van der Waals surface area contributed by atoms with Crippen LogP contribution in [0.15, 0.2) is 29.0 Å². The zero-order valence-corrected chi connectivity index (χ0v) is 8.93. The predicted molar refractivity (Wildman–Crippen MR) is 58.9 cm³/mol. The molecule has 0 aliphatic heterocycles. The van der Waals surface area contributed by atoms with Gasteiger partial charge in [0.15, 0.2) is 0 Å². The van der Waals surface area contributed by atoms with Gasteiger partial charge in [-0.15, -0.1) is 0 Å².